The monoisotopic (exact) mass is 223 g/mol. The van der Waals surface area contributed by atoms with Gasteiger partial charge in [-0.25, -0.2) is 0 Å². The number of aliphatic hydroxyl groups is 1. The van der Waals surface area contributed by atoms with Crippen LogP contribution in [0.25, 0.3) is 11.3 Å². The van der Waals surface area contributed by atoms with Gasteiger partial charge in [0.2, 0.25) is 0 Å². The largest absolute Gasteiger partial charge is 0.387 e. The van der Waals surface area contributed by atoms with Crippen molar-refractivity contribution in [3.8, 4) is 11.3 Å². The summed E-state index contributed by atoms with van der Waals surface area (Å²) in [7, 11) is 0. The minimum atomic E-state index is -0.623. The Morgan fingerprint density at radius 1 is 1.40 bits per heavy atom. The van der Waals surface area contributed by atoms with Gasteiger partial charge in [-0.3, -0.25) is 0 Å². The van der Waals surface area contributed by atoms with Gasteiger partial charge >= 0.3 is 0 Å². The third-order valence-corrected chi connectivity index (χ3v) is 2.30. The molecular formula is C11H10ClNO2. The highest BCUT2D eigenvalue weighted by atomic mass is 35.5. The maximum Gasteiger partial charge on any atom is 0.167 e. The quantitative estimate of drug-likeness (QED) is 0.851. The van der Waals surface area contributed by atoms with Gasteiger partial charge in [0.25, 0.3) is 0 Å². The summed E-state index contributed by atoms with van der Waals surface area (Å²) in [5.74, 6) is 0.605. The van der Waals surface area contributed by atoms with Crippen molar-refractivity contribution in [2.75, 3.05) is 0 Å². The molecule has 2 aromatic rings. The molecule has 4 heteroatoms. The fourth-order valence-corrected chi connectivity index (χ4v) is 1.45. The zero-order valence-electron chi connectivity index (χ0n) is 8.14. The van der Waals surface area contributed by atoms with E-state index in [2.05, 4.69) is 5.16 Å². The zero-order chi connectivity index (χ0) is 10.8. The molecule has 1 heterocycles. The molecule has 0 spiro atoms. The number of nitrogens with zero attached hydrogens (tertiary/aromatic N) is 1. The number of aliphatic hydroxyl groups excluding tert-OH is 1. The van der Waals surface area contributed by atoms with Crippen molar-refractivity contribution < 1.29 is 9.63 Å². The fraction of sp³-hybridized carbons (Fsp3) is 0.182. The normalized spacial score (nSPS) is 12.7. The first-order valence-corrected chi connectivity index (χ1v) is 4.95. The lowest BCUT2D eigenvalue weighted by atomic mass is 10.1. The highest BCUT2D eigenvalue weighted by Gasteiger charge is 2.10. The SMILES string of the molecule is C[C@H](O)c1cc(-c2cccc(Cl)c2)on1. The van der Waals surface area contributed by atoms with Crippen molar-refractivity contribution in [3.63, 3.8) is 0 Å². The van der Waals surface area contributed by atoms with Crippen LogP contribution in [0.5, 0.6) is 0 Å². The molecule has 0 fully saturated rings. The highest BCUT2D eigenvalue weighted by molar-refractivity contribution is 6.30. The summed E-state index contributed by atoms with van der Waals surface area (Å²) >= 11 is 5.85. The fourth-order valence-electron chi connectivity index (χ4n) is 1.26. The van der Waals surface area contributed by atoms with Gasteiger partial charge in [0, 0.05) is 16.7 Å². The van der Waals surface area contributed by atoms with Crippen LogP contribution in [0.1, 0.15) is 18.7 Å². The first kappa shape index (κ1) is 10.2. The minimum absolute atomic E-state index is 0.518. The Kier molecular flexibility index (Phi) is 2.75. The summed E-state index contributed by atoms with van der Waals surface area (Å²) in [6.07, 6.45) is -0.623. The average molecular weight is 224 g/mol. The molecule has 0 aliphatic rings. The number of halogens is 1. The molecule has 0 bridgehead atoms. The minimum Gasteiger partial charge on any atom is -0.387 e. The van der Waals surface area contributed by atoms with Gasteiger partial charge in [-0.1, -0.05) is 28.9 Å². The smallest absolute Gasteiger partial charge is 0.167 e. The standard InChI is InChI=1S/C11H10ClNO2/c1-7(14)10-6-11(15-13-10)8-3-2-4-9(12)5-8/h2-7,14H,1H3/t7-/m0/s1. The molecule has 0 aliphatic heterocycles. The Hall–Kier alpha value is -1.32. The molecule has 1 N–H and O–H groups in total. The Morgan fingerprint density at radius 3 is 2.80 bits per heavy atom. The van der Waals surface area contributed by atoms with Crippen LogP contribution in [0.4, 0.5) is 0 Å². The first-order chi connectivity index (χ1) is 7.16. The van der Waals surface area contributed by atoms with Crippen molar-refractivity contribution in [2.24, 2.45) is 0 Å². The molecule has 15 heavy (non-hydrogen) atoms. The van der Waals surface area contributed by atoms with Crippen LogP contribution >= 0.6 is 11.6 Å². The van der Waals surface area contributed by atoms with Crippen molar-refractivity contribution >= 4 is 11.6 Å². The Balaban J connectivity index is 2.37. The molecule has 2 rings (SSSR count). The molecule has 0 saturated carbocycles. The van der Waals surface area contributed by atoms with Crippen molar-refractivity contribution in [3.05, 3.63) is 41.0 Å². The summed E-state index contributed by atoms with van der Waals surface area (Å²) in [4.78, 5) is 0. The molecule has 0 radical (unpaired) electrons. The maximum atomic E-state index is 9.29. The summed E-state index contributed by atoms with van der Waals surface area (Å²) < 4.78 is 5.10. The molecule has 0 amide bonds. The summed E-state index contributed by atoms with van der Waals surface area (Å²) in [5.41, 5.74) is 1.37. The van der Waals surface area contributed by atoms with E-state index in [-0.39, 0.29) is 0 Å². The van der Waals surface area contributed by atoms with Crippen molar-refractivity contribution in [1.82, 2.24) is 5.16 Å². The van der Waals surface area contributed by atoms with E-state index in [4.69, 9.17) is 16.1 Å². The zero-order valence-corrected chi connectivity index (χ0v) is 8.90. The predicted molar refractivity (Wildman–Crippen MR) is 57.6 cm³/mol. The van der Waals surface area contributed by atoms with Crippen LogP contribution in [-0.4, -0.2) is 10.3 Å². The molecule has 78 valence electrons. The summed E-state index contributed by atoms with van der Waals surface area (Å²) in [5, 5.41) is 13.7. The van der Waals surface area contributed by atoms with Crippen LogP contribution in [-0.2, 0) is 0 Å². The lowest BCUT2D eigenvalue weighted by molar-refractivity contribution is 0.188. The second-order valence-electron chi connectivity index (χ2n) is 3.30. The Bertz CT molecular complexity index is 465. The van der Waals surface area contributed by atoms with E-state index in [0.29, 0.717) is 16.5 Å². The van der Waals surface area contributed by atoms with Gasteiger partial charge in [-0.2, -0.15) is 0 Å². The number of aromatic nitrogens is 1. The second-order valence-corrected chi connectivity index (χ2v) is 3.74. The third-order valence-electron chi connectivity index (χ3n) is 2.07. The van der Waals surface area contributed by atoms with Crippen molar-refractivity contribution in [2.45, 2.75) is 13.0 Å². The number of hydrogen-bond donors (Lipinski definition) is 1. The molecule has 0 saturated heterocycles. The average Bonchev–Trinajstić information content (AvgIpc) is 2.66. The number of rotatable bonds is 2. The Morgan fingerprint density at radius 2 is 2.20 bits per heavy atom. The van der Waals surface area contributed by atoms with Gasteiger partial charge in [0.1, 0.15) is 5.69 Å². The lowest BCUT2D eigenvalue weighted by Crippen LogP contribution is -1.88. The van der Waals surface area contributed by atoms with Gasteiger partial charge in [0.15, 0.2) is 5.76 Å². The van der Waals surface area contributed by atoms with E-state index in [0.717, 1.165) is 5.56 Å². The van der Waals surface area contributed by atoms with Crippen LogP contribution < -0.4 is 0 Å². The first-order valence-electron chi connectivity index (χ1n) is 4.57. The molecule has 1 aromatic heterocycles. The van der Waals surface area contributed by atoms with E-state index in [9.17, 15) is 5.11 Å². The van der Waals surface area contributed by atoms with Crippen LogP contribution in [0.3, 0.4) is 0 Å². The van der Waals surface area contributed by atoms with E-state index < -0.39 is 6.10 Å². The van der Waals surface area contributed by atoms with E-state index in [1.165, 1.54) is 0 Å². The molecule has 0 aliphatic carbocycles. The number of hydrogen-bond acceptors (Lipinski definition) is 3. The van der Waals surface area contributed by atoms with E-state index >= 15 is 0 Å². The molecule has 0 unspecified atom stereocenters. The third kappa shape index (κ3) is 2.19. The van der Waals surface area contributed by atoms with E-state index in [1.807, 2.05) is 12.1 Å². The van der Waals surface area contributed by atoms with Crippen LogP contribution in [0, 0.1) is 0 Å². The van der Waals surface area contributed by atoms with Gasteiger partial charge < -0.3 is 9.63 Å². The van der Waals surface area contributed by atoms with Gasteiger partial charge in [-0.05, 0) is 19.1 Å². The predicted octanol–water partition coefficient (Wildman–Crippen LogP) is 3.05. The number of benzene rings is 1. The van der Waals surface area contributed by atoms with Crippen molar-refractivity contribution in [1.29, 1.82) is 0 Å². The second kappa shape index (κ2) is 4.04. The molecule has 3 nitrogen and oxygen atoms in total. The summed E-state index contributed by atoms with van der Waals surface area (Å²) in [6, 6.07) is 8.99. The Labute approximate surface area is 92.3 Å². The summed E-state index contributed by atoms with van der Waals surface area (Å²) in [6.45, 7) is 1.64. The molecule has 1 aromatic carbocycles. The topological polar surface area (TPSA) is 46.3 Å². The van der Waals surface area contributed by atoms with Gasteiger partial charge in [-0.15, -0.1) is 0 Å². The maximum absolute atomic E-state index is 9.29. The van der Waals surface area contributed by atoms with Crippen LogP contribution in [0.15, 0.2) is 34.9 Å². The lowest BCUT2D eigenvalue weighted by Gasteiger charge is -1.95. The molecular weight excluding hydrogens is 214 g/mol. The van der Waals surface area contributed by atoms with Crippen LogP contribution in [0.2, 0.25) is 5.02 Å². The van der Waals surface area contributed by atoms with Gasteiger partial charge in [0.05, 0.1) is 6.10 Å². The van der Waals surface area contributed by atoms with E-state index in [1.54, 1.807) is 25.1 Å². The highest BCUT2D eigenvalue weighted by Crippen LogP contribution is 2.25. The molecule has 1 atom stereocenters.